The summed E-state index contributed by atoms with van der Waals surface area (Å²) in [4.78, 5) is 14.1. The lowest BCUT2D eigenvalue weighted by molar-refractivity contribution is -0.117. The van der Waals surface area contributed by atoms with E-state index in [1.807, 2.05) is 0 Å². The molecule has 0 spiro atoms. The van der Waals surface area contributed by atoms with Gasteiger partial charge in [0.05, 0.1) is 6.54 Å². The van der Waals surface area contributed by atoms with Gasteiger partial charge in [-0.25, -0.2) is 4.39 Å². The van der Waals surface area contributed by atoms with E-state index in [0.717, 1.165) is 19.6 Å². The minimum Gasteiger partial charge on any atom is -0.325 e. The molecule has 102 valence electrons. The highest BCUT2D eigenvalue weighted by Gasteiger charge is 2.36. The molecule has 2 atom stereocenters. The van der Waals surface area contributed by atoms with E-state index in [-0.39, 0.29) is 11.7 Å². The normalized spacial score (nSPS) is 26.4. The van der Waals surface area contributed by atoms with Crippen molar-refractivity contribution in [2.24, 2.45) is 5.92 Å². The Hall–Kier alpha value is -1.46. The van der Waals surface area contributed by atoms with E-state index >= 15 is 0 Å². The fourth-order valence-corrected chi connectivity index (χ4v) is 3.04. The van der Waals surface area contributed by atoms with Gasteiger partial charge in [-0.3, -0.25) is 9.69 Å². The quantitative estimate of drug-likeness (QED) is 0.857. The maximum absolute atomic E-state index is 13.0. The number of rotatable bonds is 3. The average molecular weight is 263 g/mol. The maximum atomic E-state index is 13.0. The zero-order valence-electron chi connectivity index (χ0n) is 10.7. The van der Waals surface area contributed by atoms with Crippen molar-refractivity contribution >= 4 is 11.6 Å². The molecule has 2 aliphatic heterocycles. The number of hydrogen-bond donors (Lipinski definition) is 2. The number of likely N-dealkylation sites (tertiary alicyclic amines) is 1. The molecule has 0 aliphatic carbocycles. The topological polar surface area (TPSA) is 44.4 Å². The summed E-state index contributed by atoms with van der Waals surface area (Å²) >= 11 is 0. The summed E-state index contributed by atoms with van der Waals surface area (Å²) in [6, 6.07) is 6.53. The third kappa shape index (κ3) is 2.93. The molecule has 1 aromatic rings. The Morgan fingerprint density at radius 1 is 1.47 bits per heavy atom. The zero-order chi connectivity index (χ0) is 13.2. The van der Waals surface area contributed by atoms with Gasteiger partial charge in [-0.2, -0.15) is 0 Å². The molecule has 0 radical (unpaired) electrons. The van der Waals surface area contributed by atoms with E-state index < -0.39 is 0 Å². The Labute approximate surface area is 112 Å². The fraction of sp³-hybridized carbons (Fsp3) is 0.500. The van der Waals surface area contributed by atoms with Crippen LogP contribution in [0.15, 0.2) is 24.3 Å². The smallest absolute Gasteiger partial charge is 0.238 e. The van der Waals surface area contributed by atoms with Crippen molar-refractivity contribution in [3.8, 4) is 0 Å². The highest BCUT2D eigenvalue weighted by Crippen LogP contribution is 2.24. The molecule has 1 amide bonds. The molecule has 2 aliphatic rings. The van der Waals surface area contributed by atoms with Gasteiger partial charge in [0.15, 0.2) is 0 Å². The molecule has 0 bridgehead atoms. The molecule has 3 rings (SSSR count). The number of amides is 1. The lowest BCUT2D eigenvalue weighted by Gasteiger charge is -2.16. The van der Waals surface area contributed by atoms with E-state index in [4.69, 9.17) is 0 Å². The van der Waals surface area contributed by atoms with Crippen LogP contribution in [0.25, 0.3) is 0 Å². The highest BCUT2D eigenvalue weighted by molar-refractivity contribution is 5.92. The molecule has 2 saturated heterocycles. The van der Waals surface area contributed by atoms with Gasteiger partial charge in [0, 0.05) is 24.8 Å². The van der Waals surface area contributed by atoms with Gasteiger partial charge in [-0.05, 0) is 37.1 Å². The zero-order valence-corrected chi connectivity index (χ0v) is 10.7. The summed E-state index contributed by atoms with van der Waals surface area (Å²) < 4.78 is 13.0. The number of carbonyl (C=O) groups is 1. The van der Waals surface area contributed by atoms with Gasteiger partial charge < -0.3 is 10.6 Å². The minimum absolute atomic E-state index is 0.0782. The SMILES string of the molecule is O=C(CN1C[C@@H]2CCN[C@@H]2C1)Nc1cccc(F)c1. The standard InChI is InChI=1S/C14H18FN3O/c15-11-2-1-3-12(6-11)17-14(19)9-18-7-10-4-5-16-13(10)8-18/h1-3,6,10,13,16H,4-5,7-9H2,(H,17,19)/t10-,13+/m0/s1. The van der Waals surface area contributed by atoms with Gasteiger partial charge in [0.2, 0.25) is 5.91 Å². The predicted molar refractivity (Wildman–Crippen MR) is 71.4 cm³/mol. The van der Waals surface area contributed by atoms with Gasteiger partial charge in [0.1, 0.15) is 5.82 Å². The van der Waals surface area contributed by atoms with Gasteiger partial charge >= 0.3 is 0 Å². The van der Waals surface area contributed by atoms with Crippen molar-refractivity contribution < 1.29 is 9.18 Å². The summed E-state index contributed by atoms with van der Waals surface area (Å²) in [5.41, 5.74) is 0.516. The second kappa shape index (κ2) is 5.27. The van der Waals surface area contributed by atoms with Crippen LogP contribution in [0.2, 0.25) is 0 Å². The van der Waals surface area contributed by atoms with Crippen LogP contribution < -0.4 is 10.6 Å². The van der Waals surface area contributed by atoms with Crippen molar-refractivity contribution in [3.05, 3.63) is 30.1 Å². The largest absolute Gasteiger partial charge is 0.325 e. The number of nitrogens with zero attached hydrogens (tertiary/aromatic N) is 1. The number of carbonyl (C=O) groups excluding carboxylic acids is 1. The second-order valence-electron chi connectivity index (χ2n) is 5.36. The van der Waals surface area contributed by atoms with Crippen LogP contribution in [-0.4, -0.2) is 43.0 Å². The highest BCUT2D eigenvalue weighted by atomic mass is 19.1. The van der Waals surface area contributed by atoms with Crippen LogP contribution in [-0.2, 0) is 4.79 Å². The van der Waals surface area contributed by atoms with Crippen LogP contribution in [0.5, 0.6) is 0 Å². The third-order valence-electron chi connectivity index (χ3n) is 3.91. The van der Waals surface area contributed by atoms with Crippen LogP contribution in [0.1, 0.15) is 6.42 Å². The number of hydrogen-bond acceptors (Lipinski definition) is 3. The van der Waals surface area contributed by atoms with Crippen molar-refractivity contribution in [3.63, 3.8) is 0 Å². The number of halogens is 1. The number of fused-ring (bicyclic) bond motifs is 1. The molecular weight excluding hydrogens is 245 g/mol. The minimum atomic E-state index is -0.335. The summed E-state index contributed by atoms with van der Waals surface area (Å²) in [6.07, 6.45) is 1.20. The summed E-state index contributed by atoms with van der Waals surface area (Å²) in [5.74, 6) is 0.269. The van der Waals surface area contributed by atoms with Crippen molar-refractivity contribution in [1.82, 2.24) is 10.2 Å². The van der Waals surface area contributed by atoms with Crippen molar-refractivity contribution in [2.45, 2.75) is 12.5 Å². The van der Waals surface area contributed by atoms with Crippen LogP contribution >= 0.6 is 0 Å². The van der Waals surface area contributed by atoms with E-state index in [1.165, 1.54) is 18.6 Å². The molecule has 19 heavy (non-hydrogen) atoms. The lowest BCUT2D eigenvalue weighted by atomic mass is 10.1. The Bertz CT molecular complexity index is 468. The molecular formula is C14H18FN3O. The predicted octanol–water partition coefficient (Wildman–Crippen LogP) is 1.06. The van der Waals surface area contributed by atoms with E-state index in [1.54, 1.807) is 12.1 Å². The number of anilines is 1. The monoisotopic (exact) mass is 263 g/mol. The van der Waals surface area contributed by atoms with E-state index in [9.17, 15) is 9.18 Å². The first-order valence-corrected chi connectivity index (χ1v) is 6.72. The Balaban J connectivity index is 1.52. The van der Waals surface area contributed by atoms with Gasteiger partial charge in [0.25, 0.3) is 0 Å². The van der Waals surface area contributed by atoms with Crippen LogP contribution in [0.3, 0.4) is 0 Å². The first-order valence-electron chi connectivity index (χ1n) is 6.72. The molecule has 2 heterocycles. The molecule has 5 heteroatoms. The number of benzene rings is 1. The maximum Gasteiger partial charge on any atom is 0.238 e. The first-order chi connectivity index (χ1) is 9.20. The van der Waals surface area contributed by atoms with Crippen LogP contribution in [0, 0.1) is 11.7 Å². The molecule has 2 fully saturated rings. The van der Waals surface area contributed by atoms with E-state index in [0.29, 0.717) is 24.2 Å². The van der Waals surface area contributed by atoms with E-state index in [2.05, 4.69) is 15.5 Å². The second-order valence-corrected chi connectivity index (χ2v) is 5.36. The Morgan fingerprint density at radius 2 is 2.37 bits per heavy atom. The van der Waals surface area contributed by atoms with Crippen molar-refractivity contribution in [1.29, 1.82) is 0 Å². The summed E-state index contributed by atoms with van der Waals surface area (Å²) in [7, 11) is 0. The van der Waals surface area contributed by atoms with Crippen molar-refractivity contribution in [2.75, 3.05) is 31.5 Å². The molecule has 0 unspecified atom stereocenters. The van der Waals surface area contributed by atoms with Crippen LogP contribution in [0.4, 0.5) is 10.1 Å². The lowest BCUT2D eigenvalue weighted by Crippen LogP contribution is -2.35. The Kier molecular flexibility index (Phi) is 3.48. The van der Waals surface area contributed by atoms with Gasteiger partial charge in [-0.15, -0.1) is 0 Å². The average Bonchev–Trinajstić information content (AvgIpc) is 2.89. The molecule has 1 aromatic carbocycles. The first kappa shape index (κ1) is 12.6. The molecule has 2 N–H and O–H groups in total. The summed E-state index contributed by atoms with van der Waals surface area (Å²) in [5, 5.41) is 6.19. The molecule has 4 nitrogen and oxygen atoms in total. The number of nitrogens with one attached hydrogen (secondary N) is 2. The third-order valence-corrected chi connectivity index (χ3v) is 3.91. The molecule has 0 aromatic heterocycles. The molecule has 0 saturated carbocycles. The van der Waals surface area contributed by atoms with Gasteiger partial charge in [-0.1, -0.05) is 6.07 Å². The summed E-state index contributed by atoms with van der Waals surface area (Å²) in [6.45, 7) is 3.39. The Morgan fingerprint density at radius 3 is 3.16 bits per heavy atom. The fourth-order valence-electron chi connectivity index (χ4n) is 3.04.